The van der Waals surface area contributed by atoms with E-state index in [0.717, 1.165) is 16.7 Å². The van der Waals surface area contributed by atoms with Crippen LogP contribution in [0.1, 0.15) is 42.7 Å². The maximum atomic E-state index is 9.98. The van der Waals surface area contributed by atoms with Crippen LogP contribution in [0.4, 0.5) is 0 Å². The molecule has 0 saturated carbocycles. The quantitative estimate of drug-likeness (QED) is 0.353. The highest BCUT2D eigenvalue weighted by atomic mass is 16.5. The van der Waals surface area contributed by atoms with E-state index in [1.807, 2.05) is 48.5 Å². The fourth-order valence-corrected chi connectivity index (χ4v) is 4.89. The first-order valence-electron chi connectivity index (χ1n) is 12.4. The van der Waals surface area contributed by atoms with Gasteiger partial charge < -0.3 is 33.5 Å². The van der Waals surface area contributed by atoms with Crippen molar-refractivity contribution >= 4 is 0 Å². The van der Waals surface area contributed by atoms with E-state index in [1.54, 1.807) is 34.5 Å². The number of phenols is 1. The number of rotatable bonds is 10. The topological polar surface area (TPSA) is 75.6 Å². The number of phenolic OH excluding ortho intramolecular Hbond substituents is 1. The first-order valence-corrected chi connectivity index (χ1v) is 12.4. The Balaban J connectivity index is 1.45. The fraction of sp³-hybridized carbons (Fsp3) is 0.400. The van der Waals surface area contributed by atoms with Crippen molar-refractivity contribution in [3.8, 4) is 34.5 Å². The maximum absolute atomic E-state index is 9.98. The lowest BCUT2D eigenvalue weighted by Crippen LogP contribution is -2.10. The molecule has 3 aromatic rings. The molecule has 1 fully saturated rings. The molecule has 7 heteroatoms. The van der Waals surface area contributed by atoms with Crippen LogP contribution in [0.2, 0.25) is 0 Å². The lowest BCUT2D eigenvalue weighted by Gasteiger charge is -2.19. The Morgan fingerprint density at radius 2 is 1.19 bits per heavy atom. The van der Waals surface area contributed by atoms with Crippen LogP contribution in [0.25, 0.3) is 0 Å². The molecule has 0 amide bonds. The SMILES string of the molecule is COc1cc(C2OC(c3ccc(OCCc4ccc(OC)c(OC)c4)c(OC)c3)C(C)C2C)ccc1O. The third kappa shape index (κ3) is 5.57. The van der Waals surface area contributed by atoms with E-state index in [0.29, 0.717) is 41.8 Å². The maximum Gasteiger partial charge on any atom is 0.161 e. The summed E-state index contributed by atoms with van der Waals surface area (Å²) < 4.78 is 34.3. The van der Waals surface area contributed by atoms with Gasteiger partial charge in [0.05, 0.1) is 47.3 Å². The standard InChI is InChI=1S/C30H36O7/c1-18-19(2)30(37-29(18)21-8-10-23(31)26(16-21)33-4)22-9-12-25(28(17-22)35-6)36-14-13-20-7-11-24(32-3)27(15-20)34-5/h7-12,15-19,29-31H,13-14H2,1-6H3. The minimum atomic E-state index is -0.113. The molecule has 1 saturated heterocycles. The highest BCUT2D eigenvalue weighted by molar-refractivity contribution is 5.46. The number of benzene rings is 3. The van der Waals surface area contributed by atoms with Crippen LogP contribution in [0.15, 0.2) is 54.6 Å². The predicted octanol–water partition coefficient (Wildman–Crippen LogP) is 6.13. The Kier molecular flexibility index (Phi) is 8.34. The zero-order valence-electron chi connectivity index (χ0n) is 22.3. The van der Waals surface area contributed by atoms with Crippen LogP contribution in [-0.4, -0.2) is 40.2 Å². The second-order valence-electron chi connectivity index (χ2n) is 9.32. The van der Waals surface area contributed by atoms with Gasteiger partial charge in [-0.05, 0) is 64.9 Å². The summed E-state index contributed by atoms with van der Waals surface area (Å²) in [5.41, 5.74) is 3.11. The van der Waals surface area contributed by atoms with Gasteiger partial charge in [0.2, 0.25) is 0 Å². The van der Waals surface area contributed by atoms with Crippen LogP contribution < -0.4 is 23.7 Å². The minimum Gasteiger partial charge on any atom is -0.504 e. The number of methoxy groups -OCH3 is 4. The summed E-state index contributed by atoms with van der Waals surface area (Å²) in [6.07, 6.45) is 0.496. The summed E-state index contributed by atoms with van der Waals surface area (Å²) in [7, 11) is 6.45. The van der Waals surface area contributed by atoms with E-state index in [1.165, 1.54) is 0 Å². The van der Waals surface area contributed by atoms with Gasteiger partial charge in [0.15, 0.2) is 34.5 Å². The van der Waals surface area contributed by atoms with Gasteiger partial charge in [0.1, 0.15) is 0 Å². The number of hydrogen-bond donors (Lipinski definition) is 1. The zero-order valence-corrected chi connectivity index (χ0v) is 22.3. The van der Waals surface area contributed by atoms with E-state index in [-0.39, 0.29) is 29.8 Å². The van der Waals surface area contributed by atoms with Crippen LogP contribution in [0.5, 0.6) is 34.5 Å². The molecular weight excluding hydrogens is 472 g/mol. The molecule has 4 unspecified atom stereocenters. The van der Waals surface area contributed by atoms with Crippen molar-refractivity contribution < 1.29 is 33.5 Å². The first kappa shape index (κ1) is 26.5. The zero-order chi connectivity index (χ0) is 26.5. The third-order valence-corrected chi connectivity index (χ3v) is 7.22. The Hall–Kier alpha value is -3.58. The molecule has 1 aliphatic heterocycles. The van der Waals surface area contributed by atoms with Crippen LogP contribution >= 0.6 is 0 Å². The van der Waals surface area contributed by atoms with Gasteiger partial charge in [-0.25, -0.2) is 0 Å². The molecule has 0 aromatic heterocycles. The van der Waals surface area contributed by atoms with E-state index < -0.39 is 0 Å². The molecule has 1 aliphatic rings. The van der Waals surface area contributed by atoms with Crippen molar-refractivity contribution in [1.82, 2.24) is 0 Å². The Labute approximate surface area is 218 Å². The summed E-state index contributed by atoms with van der Waals surface area (Å²) in [6, 6.07) is 17.2. The van der Waals surface area contributed by atoms with Crippen molar-refractivity contribution in [2.45, 2.75) is 32.5 Å². The van der Waals surface area contributed by atoms with Gasteiger partial charge in [-0.1, -0.05) is 32.0 Å². The van der Waals surface area contributed by atoms with Crippen molar-refractivity contribution in [3.63, 3.8) is 0 Å². The summed E-state index contributed by atoms with van der Waals surface area (Å²) in [6.45, 7) is 4.88. The molecule has 7 nitrogen and oxygen atoms in total. The predicted molar refractivity (Wildman–Crippen MR) is 141 cm³/mol. The third-order valence-electron chi connectivity index (χ3n) is 7.22. The fourth-order valence-electron chi connectivity index (χ4n) is 4.89. The van der Waals surface area contributed by atoms with Crippen molar-refractivity contribution in [1.29, 1.82) is 0 Å². The van der Waals surface area contributed by atoms with Crippen molar-refractivity contribution in [2.75, 3.05) is 35.0 Å². The van der Waals surface area contributed by atoms with Gasteiger partial charge in [-0.3, -0.25) is 0 Å². The Bertz CT molecular complexity index is 1210. The lowest BCUT2D eigenvalue weighted by atomic mass is 9.85. The second-order valence-corrected chi connectivity index (χ2v) is 9.32. The Morgan fingerprint density at radius 1 is 0.649 bits per heavy atom. The van der Waals surface area contributed by atoms with Gasteiger partial charge in [-0.2, -0.15) is 0 Å². The minimum absolute atomic E-state index is 0.102. The highest BCUT2D eigenvalue weighted by Crippen LogP contribution is 2.50. The smallest absolute Gasteiger partial charge is 0.161 e. The van der Waals surface area contributed by atoms with E-state index in [9.17, 15) is 5.11 Å². The van der Waals surface area contributed by atoms with E-state index in [2.05, 4.69) is 13.8 Å². The molecule has 198 valence electrons. The second kappa shape index (κ2) is 11.6. The van der Waals surface area contributed by atoms with Gasteiger partial charge in [-0.15, -0.1) is 0 Å². The molecule has 3 aromatic carbocycles. The van der Waals surface area contributed by atoms with Crippen LogP contribution in [0, 0.1) is 11.8 Å². The van der Waals surface area contributed by atoms with Gasteiger partial charge in [0.25, 0.3) is 0 Å². The van der Waals surface area contributed by atoms with E-state index >= 15 is 0 Å². The van der Waals surface area contributed by atoms with Gasteiger partial charge >= 0.3 is 0 Å². The molecule has 4 rings (SSSR count). The molecule has 0 bridgehead atoms. The number of aromatic hydroxyl groups is 1. The van der Waals surface area contributed by atoms with E-state index in [4.69, 9.17) is 28.4 Å². The molecule has 0 spiro atoms. The van der Waals surface area contributed by atoms with Gasteiger partial charge in [0, 0.05) is 6.42 Å². The summed E-state index contributed by atoms with van der Waals surface area (Å²) in [4.78, 5) is 0. The summed E-state index contributed by atoms with van der Waals surface area (Å²) >= 11 is 0. The lowest BCUT2D eigenvalue weighted by molar-refractivity contribution is 0.0288. The molecule has 0 aliphatic carbocycles. The van der Waals surface area contributed by atoms with Crippen LogP contribution in [0.3, 0.4) is 0 Å². The first-order chi connectivity index (χ1) is 17.9. The molecular formula is C30H36O7. The largest absolute Gasteiger partial charge is 0.504 e. The number of ether oxygens (including phenoxy) is 6. The number of hydrogen-bond acceptors (Lipinski definition) is 7. The Morgan fingerprint density at radius 3 is 1.81 bits per heavy atom. The molecule has 37 heavy (non-hydrogen) atoms. The van der Waals surface area contributed by atoms with Crippen LogP contribution in [-0.2, 0) is 11.2 Å². The molecule has 1 N–H and O–H groups in total. The highest BCUT2D eigenvalue weighted by Gasteiger charge is 2.41. The molecule has 0 radical (unpaired) electrons. The average Bonchev–Trinajstić information content (AvgIpc) is 3.22. The molecule has 4 atom stereocenters. The average molecular weight is 509 g/mol. The normalized spacial score (nSPS) is 20.9. The monoisotopic (exact) mass is 508 g/mol. The van der Waals surface area contributed by atoms with Crippen molar-refractivity contribution in [3.05, 3.63) is 71.3 Å². The molecule has 1 heterocycles. The summed E-state index contributed by atoms with van der Waals surface area (Å²) in [5.74, 6) is 3.86. The summed E-state index contributed by atoms with van der Waals surface area (Å²) in [5, 5.41) is 9.98. The van der Waals surface area contributed by atoms with Crippen molar-refractivity contribution in [2.24, 2.45) is 11.8 Å².